The summed E-state index contributed by atoms with van der Waals surface area (Å²) in [6.07, 6.45) is 4.39. The lowest BCUT2D eigenvalue weighted by Gasteiger charge is -2.43. The molecule has 3 heteroatoms. The van der Waals surface area contributed by atoms with Gasteiger partial charge in [0.1, 0.15) is 0 Å². The van der Waals surface area contributed by atoms with E-state index in [1.807, 2.05) is 0 Å². The summed E-state index contributed by atoms with van der Waals surface area (Å²) in [4.78, 5) is 2.47. The second-order valence-corrected chi connectivity index (χ2v) is 5.46. The summed E-state index contributed by atoms with van der Waals surface area (Å²) in [5, 5.41) is 13.8. The molecule has 0 radical (unpaired) electrons. The number of nitrogens with one attached hydrogen (secondary N) is 1. The van der Waals surface area contributed by atoms with Gasteiger partial charge in [-0.25, -0.2) is 0 Å². The molecule has 2 rings (SSSR count). The molecule has 0 aromatic carbocycles. The van der Waals surface area contributed by atoms with Crippen LogP contribution in [0.15, 0.2) is 0 Å². The molecular weight excluding hydrogens is 188 g/mol. The van der Waals surface area contributed by atoms with Crippen LogP contribution in [0.2, 0.25) is 0 Å². The van der Waals surface area contributed by atoms with Crippen molar-refractivity contribution in [1.29, 1.82) is 0 Å². The van der Waals surface area contributed by atoms with Gasteiger partial charge in [0.05, 0.1) is 5.60 Å². The number of nitrogens with zero attached hydrogens (tertiary/aromatic N) is 1. The number of rotatable bonds is 2. The predicted molar refractivity (Wildman–Crippen MR) is 61.9 cm³/mol. The first-order chi connectivity index (χ1) is 7.11. The van der Waals surface area contributed by atoms with Crippen molar-refractivity contribution in [2.45, 2.75) is 57.2 Å². The van der Waals surface area contributed by atoms with Crippen LogP contribution in [-0.4, -0.2) is 47.3 Å². The highest BCUT2D eigenvalue weighted by Crippen LogP contribution is 2.31. The number of hydrogen-bond acceptors (Lipinski definition) is 3. The molecule has 2 atom stereocenters. The van der Waals surface area contributed by atoms with Gasteiger partial charge in [-0.15, -0.1) is 0 Å². The van der Waals surface area contributed by atoms with Crippen molar-refractivity contribution in [3.8, 4) is 0 Å². The van der Waals surface area contributed by atoms with Gasteiger partial charge in [0.25, 0.3) is 0 Å². The summed E-state index contributed by atoms with van der Waals surface area (Å²) in [6, 6.07) is 1.11. The molecule has 0 bridgehead atoms. The van der Waals surface area contributed by atoms with Crippen LogP contribution in [0.25, 0.3) is 0 Å². The molecule has 1 aliphatic carbocycles. The van der Waals surface area contributed by atoms with Crippen molar-refractivity contribution in [3.05, 3.63) is 0 Å². The Morgan fingerprint density at radius 3 is 2.27 bits per heavy atom. The van der Waals surface area contributed by atoms with Crippen LogP contribution < -0.4 is 5.32 Å². The van der Waals surface area contributed by atoms with E-state index in [9.17, 15) is 5.11 Å². The van der Waals surface area contributed by atoms with Crippen LogP contribution in [0.4, 0.5) is 0 Å². The second kappa shape index (κ2) is 4.40. The Hall–Kier alpha value is -0.120. The van der Waals surface area contributed by atoms with E-state index in [1.165, 1.54) is 12.8 Å². The molecule has 2 aliphatic rings. The highest BCUT2D eigenvalue weighted by Gasteiger charge is 2.36. The lowest BCUT2D eigenvalue weighted by Crippen LogP contribution is -2.58. The molecule has 0 aromatic rings. The van der Waals surface area contributed by atoms with Crippen LogP contribution in [0.5, 0.6) is 0 Å². The fourth-order valence-electron chi connectivity index (χ4n) is 3.01. The first-order valence-electron chi connectivity index (χ1n) is 6.30. The number of piperazine rings is 1. The zero-order chi connectivity index (χ0) is 10.9. The molecule has 0 spiro atoms. The van der Waals surface area contributed by atoms with Crippen molar-refractivity contribution in [2.75, 3.05) is 19.6 Å². The first kappa shape index (κ1) is 11.4. The quantitative estimate of drug-likeness (QED) is 0.716. The van der Waals surface area contributed by atoms with E-state index in [0.717, 1.165) is 32.5 Å². The number of aliphatic hydroxyl groups is 1. The van der Waals surface area contributed by atoms with Crippen molar-refractivity contribution in [2.24, 2.45) is 0 Å². The lowest BCUT2D eigenvalue weighted by atomic mass is 9.98. The molecule has 1 aliphatic heterocycles. The minimum atomic E-state index is -0.389. The number of hydrogen-bond donors (Lipinski definition) is 2. The smallest absolute Gasteiger partial charge is 0.0774 e. The third-order valence-electron chi connectivity index (χ3n) is 4.02. The van der Waals surface area contributed by atoms with Crippen molar-refractivity contribution in [3.63, 3.8) is 0 Å². The third kappa shape index (κ3) is 2.52. The largest absolute Gasteiger partial charge is 0.389 e. The van der Waals surface area contributed by atoms with E-state index >= 15 is 0 Å². The predicted octanol–water partition coefficient (Wildman–Crippen LogP) is 0.974. The molecule has 3 nitrogen and oxygen atoms in total. The molecule has 2 fully saturated rings. The molecule has 2 N–H and O–H groups in total. The summed E-state index contributed by atoms with van der Waals surface area (Å²) < 4.78 is 0. The van der Waals surface area contributed by atoms with Gasteiger partial charge in [-0.3, -0.25) is 4.90 Å². The van der Waals surface area contributed by atoms with Crippen molar-refractivity contribution < 1.29 is 5.11 Å². The van der Waals surface area contributed by atoms with Crippen LogP contribution in [0.3, 0.4) is 0 Å². The van der Waals surface area contributed by atoms with Gasteiger partial charge >= 0.3 is 0 Å². The Morgan fingerprint density at radius 2 is 1.73 bits per heavy atom. The average molecular weight is 212 g/mol. The van der Waals surface area contributed by atoms with Gasteiger partial charge in [0, 0.05) is 31.7 Å². The molecule has 1 saturated heterocycles. The third-order valence-corrected chi connectivity index (χ3v) is 4.02. The first-order valence-corrected chi connectivity index (χ1v) is 6.30. The second-order valence-electron chi connectivity index (χ2n) is 5.46. The maximum Gasteiger partial charge on any atom is 0.0774 e. The van der Waals surface area contributed by atoms with Gasteiger partial charge in [-0.05, 0) is 26.7 Å². The molecule has 15 heavy (non-hydrogen) atoms. The lowest BCUT2D eigenvalue weighted by molar-refractivity contribution is -0.0218. The van der Waals surface area contributed by atoms with Crippen molar-refractivity contribution in [1.82, 2.24) is 10.2 Å². The van der Waals surface area contributed by atoms with Gasteiger partial charge in [-0.1, -0.05) is 12.8 Å². The Bertz CT molecular complexity index is 204. The fraction of sp³-hybridized carbons (Fsp3) is 1.00. The summed E-state index contributed by atoms with van der Waals surface area (Å²) in [5.74, 6) is 0. The molecule has 88 valence electrons. The van der Waals surface area contributed by atoms with Gasteiger partial charge in [-0.2, -0.15) is 0 Å². The molecule has 0 aromatic heterocycles. The van der Waals surface area contributed by atoms with Gasteiger partial charge in [0.2, 0.25) is 0 Å². The molecular formula is C12H24N2O. The molecule has 0 amide bonds. The van der Waals surface area contributed by atoms with Crippen LogP contribution in [0.1, 0.15) is 39.5 Å². The van der Waals surface area contributed by atoms with Crippen LogP contribution in [-0.2, 0) is 0 Å². The van der Waals surface area contributed by atoms with Gasteiger partial charge in [0.15, 0.2) is 0 Å². The fourth-order valence-corrected chi connectivity index (χ4v) is 3.01. The summed E-state index contributed by atoms with van der Waals surface area (Å²) in [5.41, 5.74) is -0.389. The average Bonchev–Trinajstić information content (AvgIpc) is 2.60. The standard InChI is InChI=1S/C12H24N2O/c1-10-7-13-8-11(2)14(10)9-12(15)5-3-4-6-12/h10-11,13,15H,3-9H2,1-2H3. The maximum absolute atomic E-state index is 10.4. The highest BCUT2D eigenvalue weighted by molar-refractivity contribution is 4.92. The van der Waals surface area contributed by atoms with Crippen molar-refractivity contribution >= 4 is 0 Å². The Balaban J connectivity index is 1.96. The van der Waals surface area contributed by atoms with E-state index in [2.05, 4.69) is 24.1 Å². The van der Waals surface area contributed by atoms with E-state index < -0.39 is 0 Å². The normalized spacial score (nSPS) is 37.0. The SMILES string of the molecule is CC1CNCC(C)N1CC1(O)CCCC1. The highest BCUT2D eigenvalue weighted by atomic mass is 16.3. The zero-order valence-electron chi connectivity index (χ0n) is 10.00. The van der Waals surface area contributed by atoms with E-state index in [0.29, 0.717) is 12.1 Å². The van der Waals surface area contributed by atoms with E-state index in [1.54, 1.807) is 0 Å². The summed E-state index contributed by atoms with van der Waals surface area (Å²) in [6.45, 7) is 7.49. The van der Waals surface area contributed by atoms with E-state index in [4.69, 9.17) is 0 Å². The Labute approximate surface area is 92.8 Å². The summed E-state index contributed by atoms with van der Waals surface area (Å²) in [7, 11) is 0. The summed E-state index contributed by atoms with van der Waals surface area (Å²) >= 11 is 0. The molecule has 1 saturated carbocycles. The zero-order valence-corrected chi connectivity index (χ0v) is 10.00. The Morgan fingerprint density at radius 1 is 1.20 bits per heavy atom. The number of β-amino-alcohol motifs (C(OH)–C–C–N with tert-alkyl or cyclic N) is 1. The topological polar surface area (TPSA) is 35.5 Å². The van der Waals surface area contributed by atoms with Gasteiger partial charge < -0.3 is 10.4 Å². The van der Waals surface area contributed by atoms with E-state index in [-0.39, 0.29) is 5.60 Å². The Kier molecular flexibility index (Phi) is 3.33. The maximum atomic E-state index is 10.4. The minimum Gasteiger partial charge on any atom is -0.389 e. The van der Waals surface area contributed by atoms with Crippen LogP contribution >= 0.6 is 0 Å². The monoisotopic (exact) mass is 212 g/mol. The van der Waals surface area contributed by atoms with Crippen LogP contribution in [0, 0.1) is 0 Å². The molecule has 2 unspecified atom stereocenters. The molecule has 1 heterocycles. The minimum absolute atomic E-state index is 0.389.